The van der Waals surface area contributed by atoms with Crippen LogP contribution in [0.5, 0.6) is 5.75 Å². The zero-order valence-electron chi connectivity index (χ0n) is 18.6. The molecule has 0 aliphatic carbocycles. The van der Waals surface area contributed by atoms with Crippen molar-refractivity contribution in [2.45, 2.75) is 17.9 Å². The van der Waals surface area contributed by atoms with E-state index in [-0.39, 0.29) is 16.8 Å². The number of methoxy groups -OCH3 is 1. The first-order valence-electron chi connectivity index (χ1n) is 10.4. The Kier molecular flexibility index (Phi) is 6.16. The van der Waals surface area contributed by atoms with Crippen molar-refractivity contribution < 1.29 is 17.9 Å². The number of hydrogen-bond acceptors (Lipinski definition) is 5. The first kappa shape index (κ1) is 22.5. The molecule has 168 valence electrons. The summed E-state index contributed by atoms with van der Waals surface area (Å²) in [5, 5.41) is 3.78. The van der Waals surface area contributed by atoms with Crippen LogP contribution in [0, 0.1) is 0 Å². The lowest BCUT2D eigenvalue weighted by Gasteiger charge is -2.16. The van der Waals surface area contributed by atoms with E-state index in [1.54, 1.807) is 37.4 Å². The number of amides is 1. The summed E-state index contributed by atoms with van der Waals surface area (Å²) < 4.78 is 28.6. The average Bonchev–Trinajstić information content (AvgIpc) is 2.82. The Morgan fingerprint density at radius 2 is 1.64 bits per heavy atom. The summed E-state index contributed by atoms with van der Waals surface area (Å²) in [4.78, 5) is 18.3. The van der Waals surface area contributed by atoms with Crippen molar-refractivity contribution >= 4 is 26.6 Å². The molecule has 4 rings (SSSR count). The highest BCUT2D eigenvalue weighted by Gasteiger charge is 2.17. The first-order valence-corrected chi connectivity index (χ1v) is 12.3. The molecule has 3 aromatic carbocycles. The quantitative estimate of drug-likeness (QED) is 0.447. The molecule has 0 saturated carbocycles. The molecule has 7 heteroatoms. The number of rotatable bonds is 6. The van der Waals surface area contributed by atoms with Crippen molar-refractivity contribution in [3.05, 3.63) is 90.0 Å². The molecule has 0 aliphatic rings. The molecule has 4 aromatic rings. The molecule has 1 amide bonds. The Morgan fingerprint density at radius 1 is 0.970 bits per heavy atom. The van der Waals surface area contributed by atoms with Crippen LogP contribution in [-0.2, 0) is 9.84 Å². The number of carbonyl (C=O) groups excluding carboxylic acids is 1. The molecular weight excluding hydrogens is 436 g/mol. The number of carbonyl (C=O) groups is 1. The fourth-order valence-electron chi connectivity index (χ4n) is 3.63. The summed E-state index contributed by atoms with van der Waals surface area (Å²) in [5.41, 5.74) is 3.61. The van der Waals surface area contributed by atoms with Crippen molar-refractivity contribution in [3.63, 3.8) is 0 Å². The Morgan fingerprint density at radius 3 is 2.27 bits per heavy atom. The van der Waals surface area contributed by atoms with Crippen molar-refractivity contribution in [2.75, 3.05) is 13.4 Å². The zero-order chi connectivity index (χ0) is 23.6. The molecular formula is C26H24N2O4S. The van der Waals surface area contributed by atoms with Crippen molar-refractivity contribution in [1.29, 1.82) is 0 Å². The number of ether oxygens (including phenoxy) is 1. The summed E-state index contributed by atoms with van der Waals surface area (Å²) >= 11 is 0. The zero-order valence-corrected chi connectivity index (χ0v) is 19.4. The number of benzene rings is 3. The van der Waals surface area contributed by atoms with Gasteiger partial charge in [0, 0.05) is 17.2 Å². The molecule has 1 N–H and O–H groups in total. The van der Waals surface area contributed by atoms with Gasteiger partial charge in [-0.15, -0.1) is 0 Å². The second kappa shape index (κ2) is 9.03. The van der Waals surface area contributed by atoms with Crippen LogP contribution in [0.3, 0.4) is 0 Å². The molecule has 0 saturated heterocycles. The predicted molar refractivity (Wildman–Crippen MR) is 129 cm³/mol. The summed E-state index contributed by atoms with van der Waals surface area (Å²) in [6, 6.07) is 23.1. The van der Waals surface area contributed by atoms with Crippen LogP contribution in [0.4, 0.5) is 0 Å². The molecule has 1 aromatic heterocycles. The third-order valence-corrected chi connectivity index (χ3v) is 6.63. The third-order valence-electron chi connectivity index (χ3n) is 5.50. The van der Waals surface area contributed by atoms with E-state index in [2.05, 4.69) is 5.32 Å². The Balaban J connectivity index is 1.66. The predicted octanol–water partition coefficient (Wildman–Crippen LogP) is 4.80. The summed E-state index contributed by atoms with van der Waals surface area (Å²) in [6.07, 6.45) is 1.17. The average molecular weight is 461 g/mol. The maximum atomic E-state index is 13.3. The third kappa shape index (κ3) is 4.88. The van der Waals surface area contributed by atoms with Crippen LogP contribution in [0.25, 0.3) is 22.2 Å². The minimum atomic E-state index is -3.27. The van der Waals surface area contributed by atoms with E-state index in [4.69, 9.17) is 9.72 Å². The number of nitrogens with zero attached hydrogens (tertiary/aromatic N) is 1. The van der Waals surface area contributed by atoms with Crippen LogP contribution >= 0.6 is 0 Å². The van der Waals surface area contributed by atoms with Gasteiger partial charge in [-0.1, -0.05) is 30.3 Å². The van der Waals surface area contributed by atoms with Gasteiger partial charge in [-0.3, -0.25) is 4.79 Å². The highest BCUT2D eigenvalue weighted by atomic mass is 32.2. The summed E-state index contributed by atoms with van der Waals surface area (Å²) in [5.74, 6) is 0.510. The highest BCUT2D eigenvalue weighted by Crippen LogP contribution is 2.27. The summed E-state index contributed by atoms with van der Waals surface area (Å²) in [7, 11) is -1.66. The maximum absolute atomic E-state index is 13.3. The maximum Gasteiger partial charge on any atom is 0.252 e. The lowest BCUT2D eigenvalue weighted by molar-refractivity contribution is 0.0941. The molecule has 0 aliphatic heterocycles. The van der Waals surface area contributed by atoms with Gasteiger partial charge in [-0.2, -0.15) is 0 Å². The van der Waals surface area contributed by atoms with Gasteiger partial charge in [-0.05, 0) is 61.0 Å². The molecule has 0 spiro atoms. The number of fused-ring (bicyclic) bond motifs is 1. The van der Waals surface area contributed by atoms with Crippen LogP contribution in [0.1, 0.15) is 28.9 Å². The molecule has 0 radical (unpaired) electrons. The van der Waals surface area contributed by atoms with Gasteiger partial charge >= 0.3 is 0 Å². The van der Waals surface area contributed by atoms with Gasteiger partial charge in [0.1, 0.15) is 5.75 Å². The largest absolute Gasteiger partial charge is 0.497 e. The van der Waals surface area contributed by atoms with E-state index >= 15 is 0 Å². The van der Waals surface area contributed by atoms with E-state index in [0.29, 0.717) is 11.3 Å². The van der Waals surface area contributed by atoms with E-state index in [0.717, 1.165) is 27.8 Å². The number of hydrogen-bond donors (Lipinski definition) is 1. The second-order valence-electron chi connectivity index (χ2n) is 7.84. The van der Waals surface area contributed by atoms with Crippen LogP contribution in [0.15, 0.2) is 83.8 Å². The van der Waals surface area contributed by atoms with E-state index in [1.807, 2.05) is 55.5 Å². The van der Waals surface area contributed by atoms with Crippen molar-refractivity contribution in [1.82, 2.24) is 10.3 Å². The number of pyridine rings is 1. The number of sulfone groups is 1. The Bertz CT molecular complexity index is 1410. The summed E-state index contributed by atoms with van der Waals surface area (Å²) in [6.45, 7) is 1.86. The molecule has 1 atom stereocenters. The van der Waals surface area contributed by atoms with Gasteiger partial charge in [0.15, 0.2) is 9.84 Å². The van der Waals surface area contributed by atoms with Gasteiger partial charge in [0.05, 0.1) is 34.8 Å². The van der Waals surface area contributed by atoms with Crippen LogP contribution in [0.2, 0.25) is 0 Å². The molecule has 6 nitrogen and oxygen atoms in total. The molecule has 33 heavy (non-hydrogen) atoms. The van der Waals surface area contributed by atoms with Gasteiger partial charge in [0.25, 0.3) is 5.91 Å². The number of nitrogens with one attached hydrogen (secondary N) is 1. The topological polar surface area (TPSA) is 85.4 Å². The van der Waals surface area contributed by atoms with Gasteiger partial charge in [0.2, 0.25) is 0 Å². The highest BCUT2D eigenvalue weighted by molar-refractivity contribution is 7.90. The minimum Gasteiger partial charge on any atom is -0.497 e. The van der Waals surface area contributed by atoms with Gasteiger partial charge in [-0.25, -0.2) is 13.4 Å². The minimum absolute atomic E-state index is 0.233. The molecule has 0 fully saturated rings. The smallest absolute Gasteiger partial charge is 0.252 e. The SMILES string of the molecule is COc1ccc(-c2cc(C(=O)N[C@H](C)c3ccc(S(C)(=O)=O)cc3)c3ccccc3n2)cc1. The standard InChI is InChI=1S/C26H24N2O4S/c1-17(18-10-14-21(15-11-18)33(3,30)31)27-26(29)23-16-25(19-8-12-20(32-2)13-9-19)28-24-7-5-4-6-22(23)24/h4-17H,1-3H3,(H,27,29)/t17-/m1/s1. The normalized spacial score (nSPS) is 12.3. The Hall–Kier alpha value is -3.71. The van der Waals surface area contributed by atoms with Crippen molar-refractivity contribution in [3.8, 4) is 17.0 Å². The van der Waals surface area contributed by atoms with E-state index in [1.165, 1.54) is 6.26 Å². The second-order valence-corrected chi connectivity index (χ2v) is 9.85. The lowest BCUT2D eigenvalue weighted by atomic mass is 10.0. The number of aromatic nitrogens is 1. The monoisotopic (exact) mass is 460 g/mol. The fourth-order valence-corrected chi connectivity index (χ4v) is 4.26. The van der Waals surface area contributed by atoms with Gasteiger partial charge < -0.3 is 10.1 Å². The first-order chi connectivity index (χ1) is 15.8. The lowest BCUT2D eigenvalue weighted by Crippen LogP contribution is -2.27. The Labute approximate surface area is 193 Å². The van der Waals surface area contributed by atoms with Crippen LogP contribution in [-0.4, -0.2) is 32.7 Å². The number of para-hydroxylation sites is 1. The van der Waals surface area contributed by atoms with Crippen molar-refractivity contribution in [2.24, 2.45) is 0 Å². The molecule has 0 bridgehead atoms. The fraction of sp³-hybridized carbons (Fsp3) is 0.154. The molecule has 0 unspecified atom stereocenters. The van der Waals surface area contributed by atoms with E-state index in [9.17, 15) is 13.2 Å². The van der Waals surface area contributed by atoms with Crippen LogP contribution < -0.4 is 10.1 Å². The molecule has 1 heterocycles. The van der Waals surface area contributed by atoms with E-state index < -0.39 is 9.84 Å².